The zero-order chi connectivity index (χ0) is 19.5. The highest BCUT2D eigenvalue weighted by atomic mass is 19.1. The SMILES string of the molecule is Cc1nonc1CN1CCN(C(=O)c2cccc(-c3ccc(F)cc3)c2)CC1. The molecule has 0 unspecified atom stereocenters. The minimum absolute atomic E-state index is 0.0166. The number of benzene rings is 2. The summed E-state index contributed by atoms with van der Waals surface area (Å²) in [5.74, 6) is -0.256. The van der Waals surface area contributed by atoms with Crippen LogP contribution in [0, 0.1) is 12.7 Å². The second-order valence-electron chi connectivity index (χ2n) is 6.95. The molecule has 1 fully saturated rings. The highest BCUT2D eigenvalue weighted by molar-refractivity contribution is 5.95. The highest BCUT2D eigenvalue weighted by Crippen LogP contribution is 2.22. The summed E-state index contributed by atoms with van der Waals surface area (Å²) in [6, 6.07) is 13.8. The van der Waals surface area contributed by atoms with Crippen LogP contribution in [0.5, 0.6) is 0 Å². The van der Waals surface area contributed by atoms with E-state index in [9.17, 15) is 9.18 Å². The minimum atomic E-state index is -0.273. The lowest BCUT2D eigenvalue weighted by Gasteiger charge is -2.34. The molecule has 1 aromatic heterocycles. The molecule has 1 aliphatic heterocycles. The third-order valence-corrected chi connectivity index (χ3v) is 5.07. The summed E-state index contributed by atoms with van der Waals surface area (Å²) in [7, 11) is 0. The lowest BCUT2D eigenvalue weighted by molar-refractivity contribution is 0.0625. The van der Waals surface area contributed by atoms with E-state index in [0.717, 1.165) is 35.6 Å². The average molecular weight is 380 g/mol. The quantitative estimate of drug-likeness (QED) is 0.696. The zero-order valence-electron chi connectivity index (χ0n) is 15.6. The Morgan fingerprint density at radius 2 is 1.79 bits per heavy atom. The maximum absolute atomic E-state index is 13.1. The molecule has 6 nitrogen and oxygen atoms in total. The molecule has 4 rings (SSSR count). The van der Waals surface area contributed by atoms with E-state index in [2.05, 4.69) is 15.2 Å². The van der Waals surface area contributed by atoms with Gasteiger partial charge in [0.25, 0.3) is 5.91 Å². The third kappa shape index (κ3) is 3.94. The molecule has 0 atom stereocenters. The molecule has 0 bridgehead atoms. The van der Waals surface area contributed by atoms with Crippen molar-refractivity contribution in [2.45, 2.75) is 13.5 Å². The first-order valence-electron chi connectivity index (χ1n) is 9.26. The fourth-order valence-corrected chi connectivity index (χ4v) is 3.37. The summed E-state index contributed by atoms with van der Waals surface area (Å²) in [4.78, 5) is 17.0. The predicted octanol–water partition coefficient (Wildman–Crippen LogP) is 3.14. The molecule has 1 amide bonds. The zero-order valence-corrected chi connectivity index (χ0v) is 15.6. The molecule has 7 heteroatoms. The van der Waals surface area contributed by atoms with Crippen molar-refractivity contribution in [3.05, 3.63) is 71.3 Å². The molecule has 144 valence electrons. The number of aryl methyl sites for hydroxylation is 1. The molecule has 28 heavy (non-hydrogen) atoms. The van der Waals surface area contributed by atoms with Crippen LogP contribution >= 0.6 is 0 Å². The van der Waals surface area contributed by atoms with Crippen LogP contribution in [0.4, 0.5) is 4.39 Å². The van der Waals surface area contributed by atoms with E-state index in [0.29, 0.717) is 25.2 Å². The van der Waals surface area contributed by atoms with Crippen molar-refractivity contribution in [2.24, 2.45) is 0 Å². The normalized spacial score (nSPS) is 15.0. The Balaban J connectivity index is 1.41. The summed E-state index contributed by atoms with van der Waals surface area (Å²) in [5, 5.41) is 7.73. The van der Waals surface area contributed by atoms with E-state index in [-0.39, 0.29) is 11.7 Å². The van der Waals surface area contributed by atoms with Gasteiger partial charge in [-0.05, 0) is 42.3 Å². The number of hydrogen-bond acceptors (Lipinski definition) is 5. The molecule has 0 spiro atoms. The largest absolute Gasteiger partial charge is 0.336 e. The maximum Gasteiger partial charge on any atom is 0.253 e. The van der Waals surface area contributed by atoms with Crippen molar-refractivity contribution in [1.29, 1.82) is 0 Å². The van der Waals surface area contributed by atoms with Crippen molar-refractivity contribution in [1.82, 2.24) is 20.1 Å². The Morgan fingerprint density at radius 1 is 1.04 bits per heavy atom. The molecular weight excluding hydrogens is 359 g/mol. The van der Waals surface area contributed by atoms with Crippen LogP contribution in [0.2, 0.25) is 0 Å². The first kappa shape index (κ1) is 18.3. The highest BCUT2D eigenvalue weighted by Gasteiger charge is 2.23. The van der Waals surface area contributed by atoms with E-state index in [4.69, 9.17) is 4.63 Å². The molecule has 0 N–H and O–H groups in total. The van der Waals surface area contributed by atoms with Crippen molar-refractivity contribution in [2.75, 3.05) is 26.2 Å². The number of carbonyl (C=O) groups excluding carboxylic acids is 1. The van der Waals surface area contributed by atoms with Crippen LogP contribution in [-0.4, -0.2) is 52.2 Å². The molecule has 1 saturated heterocycles. The van der Waals surface area contributed by atoms with Crippen molar-refractivity contribution >= 4 is 5.91 Å². The van der Waals surface area contributed by atoms with Gasteiger partial charge in [-0.15, -0.1) is 0 Å². The Labute approximate surface area is 162 Å². The van der Waals surface area contributed by atoms with Gasteiger partial charge < -0.3 is 4.90 Å². The number of piperazine rings is 1. The van der Waals surface area contributed by atoms with Gasteiger partial charge in [-0.1, -0.05) is 34.6 Å². The second kappa shape index (κ2) is 7.90. The van der Waals surface area contributed by atoms with E-state index < -0.39 is 0 Å². The fourth-order valence-electron chi connectivity index (χ4n) is 3.37. The maximum atomic E-state index is 13.1. The Kier molecular flexibility index (Phi) is 5.16. The second-order valence-corrected chi connectivity index (χ2v) is 6.95. The summed E-state index contributed by atoms with van der Waals surface area (Å²) in [6.45, 7) is 5.41. The topological polar surface area (TPSA) is 62.5 Å². The van der Waals surface area contributed by atoms with Crippen molar-refractivity contribution in [3.8, 4) is 11.1 Å². The van der Waals surface area contributed by atoms with Gasteiger partial charge in [0.05, 0.1) is 0 Å². The monoisotopic (exact) mass is 380 g/mol. The number of carbonyl (C=O) groups is 1. The van der Waals surface area contributed by atoms with Gasteiger partial charge in [0, 0.05) is 38.3 Å². The third-order valence-electron chi connectivity index (χ3n) is 5.07. The van der Waals surface area contributed by atoms with Crippen LogP contribution in [0.1, 0.15) is 21.7 Å². The number of aromatic nitrogens is 2. The van der Waals surface area contributed by atoms with E-state index in [1.165, 1.54) is 12.1 Å². The van der Waals surface area contributed by atoms with Crippen molar-refractivity contribution < 1.29 is 13.8 Å². The molecule has 0 saturated carbocycles. The smallest absolute Gasteiger partial charge is 0.253 e. The molecule has 0 aliphatic carbocycles. The minimum Gasteiger partial charge on any atom is -0.336 e. The number of hydrogen-bond donors (Lipinski definition) is 0. The fraction of sp³-hybridized carbons (Fsp3) is 0.286. The Bertz CT molecular complexity index is 963. The number of nitrogens with zero attached hydrogens (tertiary/aromatic N) is 4. The Hall–Kier alpha value is -3.06. The molecular formula is C21H21FN4O2. The van der Waals surface area contributed by atoms with Crippen LogP contribution in [-0.2, 0) is 6.54 Å². The summed E-state index contributed by atoms with van der Waals surface area (Å²) < 4.78 is 17.9. The van der Waals surface area contributed by atoms with Crippen molar-refractivity contribution in [3.63, 3.8) is 0 Å². The van der Waals surface area contributed by atoms with Gasteiger partial charge in [-0.3, -0.25) is 9.69 Å². The van der Waals surface area contributed by atoms with Crippen LogP contribution in [0.15, 0.2) is 53.2 Å². The molecule has 0 radical (unpaired) electrons. The first-order chi connectivity index (χ1) is 13.6. The van der Waals surface area contributed by atoms with Gasteiger partial charge in [0.2, 0.25) is 0 Å². The lowest BCUT2D eigenvalue weighted by atomic mass is 10.0. The van der Waals surface area contributed by atoms with E-state index in [1.807, 2.05) is 36.1 Å². The summed E-state index contributed by atoms with van der Waals surface area (Å²) in [6.07, 6.45) is 0. The predicted molar refractivity (Wildman–Crippen MR) is 102 cm³/mol. The van der Waals surface area contributed by atoms with Crippen LogP contribution in [0.3, 0.4) is 0 Å². The van der Waals surface area contributed by atoms with Gasteiger partial charge >= 0.3 is 0 Å². The number of rotatable bonds is 4. The van der Waals surface area contributed by atoms with Gasteiger partial charge in [0.1, 0.15) is 17.2 Å². The molecule has 3 aromatic rings. The van der Waals surface area contributed by atoms with Crippen LogP contribution in [0.25, 0.3) is 11.1 Å². The lowest BCUT2D eigenvalue weighted by Crippen LogP contribution is -2.48. The average Bonchev–Trinajstić information content (AvgIpc) is 3.13. The van der Waals surface area contributed by atoms with E-state index >= 15 is 0 Å². The van der Waals surface area contributed by atoms with E-state index in [1.54, 1.807) is 12.1 Å². The first-order valence-corrected chi connectivity index (χ1v) is 9.26. The summed E-state index contributed by atoms with van der Waals surface area (Å²) >= 11 is 0. The van der Waals surface area contributed by atoms with Gasteiger partial charge in [-0.2, -0.15) is 0 Å². The van der Waals surface area contributed by atoms with Gasteiger partial charge in [-0.25, -0.2) is 9.02 Å². The Morgan fingerprint density at radius 3 is 2.46 bits per heavy atom. The number of halogens is 1. The summed E-state index contributed by atoms with van der Waals surface area (Å²) in [5.41, 5.74) is 4.07. The molecule has 1 aliphatic rings. The van der Waals surface area contributed by atoms with Crippen LogP contribution < -0.4 is 0 Å². The standard InChI is InChI=1S/C21H21FN4O2/c1-15-20(24-28-23-15)14-25-9-11-26(12-10-25)21(27)18-4-2-3-17(13-18)16-5-7-19(22)8-6-16/h2-8,13H,9-12,14H2,1H3. The molecule has 2 heterocycles. The number of amides is 1. The molecule has 2 aromatic carbocycles. The van der Waals surface area contributed by atoms with Gasteiger partial charge in [0.15, 0.2) is 0 Å².